The normalized spacial score (nSPS) is 22.1. The smallest absolute Gasteiger partial charge is 0.165 e. The first-order valence-electron chi connectivity index (χ1n) is 6.91. The molecule has 1 aliphatic heterocycles. The Bertz CT molecular complexity index is 428. The molecule has 0 saturated carbocycles. The van der Waals surface area contributed by atoms with Gasteiger partial charge in [0.25, 0.3) is 0 Å². The van der Waals surface area contributed by atoms with Gasteiger partial charge in [-0.3, -0.25) is 0 Å². The van der Waals surface area contributed by atoms with Gasteiger partial charge in [0.2, 0.25) is 0 Å². The molecule has 1 fully saturated rings. The van der Waals surface area contributed by atoms with Crippen molar-refractivity contribution >= 4 is 0 Å². The molecule has 0 amide bonds. The molecule has 0 spiro atoms. The zero-order valence-corrected chi connectivity index (χ0v) is 12.0. The lowest BCUT2D eigenvalue weighted by atomic mass is 9.95. The lowest BCUT2D eigenvalue weighted by Gasteiger charge is -2.20. The monoisotopic (exact) mass is 283 g/mol. The maximum Gasteiger partial charge on any atom is 0.165 e. The van der Waals surface area contributed by atoms with Crippen LogP contribution in [0.1, 0.15) is 18.1 Å². The molecule has 0 bridgehead atoms. The van der Waals surface area contributed by atoms with Crippen LogP contribution in [0.2, 0.25) is 0 Å². The van der Waals surface area contributed by atoms with Crippen molar-refractivity contribution in [2.45, 2.75) is 12.5 Å². The van der Waals surface area contributed by atoms with Crippen molar-refractivity contribution in [2.75, 3.05) is 40.5 Å². The van der Waals surface area contributed by atoms with E-state index in [4.69, 9.17) is 14.2 Å². The van der Waals surface area contributed by atoms with E-state index in [-0.39, 0.29) is 17.7 Å². The lowest BCUT2D eigenvalue weighted by molar-refractivity contribution is 0.0895. The Morgan fingerprint density at radius 2 is 2.25 bits per heavy atom. The van der Waals surface area contributed by atoms with Crippen LogP contribution in [0.25, 0.3) is 0 Å². The second-order valence-corrected chi connectivity index (χ2v) is 4.93. The molecule has 2 atom stereocenters. The van der Waals surface area contributed by atoms with E-state index in [2.05, 4.69) is 5.32 Å². The van der Waals surface area contributed by atoms with Gasteiger partial charge in [0.1, 0.15) is 0 Å². The molecule has 0 radical (unpaired) electrons. The summed E-state index contributed by atoms with van der Waals surface area (Å²) in [6.45, 7) is 3.07. The van der Waals surface area contributed by atoms with Crippen molar-refractivity contribution in [1.82, 2.24) is 5.32 Å². The standard InChI is InChI=1S/C15H22FNO3/c1-18-8-6-17-10-12-5-7-20-15(12)11-3-4-14(19-2)13(16)9-11/h3-4,9,12,15,17H,5-8,10H2,1-2H3. The molecule has 4 nitrogen and oxygen atoms in total. The maximum atomic E-state index is 13.8. The molecule has 0 aromatic heterocycles. The fraction of sp³-hybridized carbons (Fsp3) is 0.600. The minimum Gasteiger partial charge on any atom is -0.494 e. The summed E-state index contributed by atoms with van der Waals surface area (Å²) >= 11 is 0. The highest BCUT2D eigenvalue weighted by molar-refractivity contribution is 5.31. The Kier molecular flexibility index (Phi) is 5.76. The van der Waals surface area contributed by atoms with Crippen LogP contribution >= 0.6 is 0 Å². The van der Waals surface area contributed by atoms with Crippen LogP contribution in [0, 0.1) is 11.7 Å². The van der Waals surface area contributed by atoms with Gasteiger partial charge in [0, 0.05) is 32.7 Å². The Balaban J connectivity index is 1.97. The van der Waals surface area contributed by atoms with Crippen LogP contribution < -0.4 is 10.1 Å². The van der Waals surface area contributed by atoms with Crippen LogP contribution in [0.5, 0.6) is 5.75 Å². The predicted octanol–water partition coefficient (Wildman–Crippen LogP) is 2.15. The minimum atomic E-state index is -0.341. The first-order valence-corrected chi connectivity index (χ1v) is 6.91. The molecule has 1 saturated heterocycles. The average molecular weight is 283 g/mol. The van der Waals surface area contributed by atoms with E-state index >= 15 is 0 Å². The van der Waals surface area contributed by atoms with Gasteiger partial charge >= 0.3 is 0 Å². The van der Waals surface area contributed by atoms with Crippen molar-refractivity contribution in [3.8, 4) is 5.75 Å². The van der Waals surface area contributed by atoms with E-state index in [1.54, 1.807) is 13.2 Å². The first-order chi connectivity index (χ1) is 9.76. The highest BCUT2D eigenvalue weighted by Gasteiger charge is 2.29. The predicted molar refractivity (Wildman–Crippen MR) is 74.5 cm³/mol. The number of nitrogens with one attached hydrogen (secondary N) is 1. The topological polar surface area (TPSA) is 39.7 Å². The van der Waals surface area contributed by atoms with Gasteiger partial charge in [-0.15, -0.1) is 0 Å². The van der Waals surface area contributed by atoms with Crippen molar-refractivity contribution in [1.29, 1.82) is 0 Å². The van der Waals surface area contributed by atoms with Crippen molar-refractivity contribution in [3.63, 3.8) is 0 Å². The van der Waals surface area contributed by atoms with Gasteiger partial charge in [-0.05, 0) is 24.1 Å². The van der Waals surface area contributed by atoms with Crippen LogP contribution in [0.3, 0.4) is 0 Å². The Hall–Kier alpha value is -1.17. The van der Waals surface area contributed by atoms with Crippen LogP contribution in [-0.2, 0) is 9.47 Å². The lowest BCUT2D eigenvalue weighted by Crippen LogP contribution is -2.27. The van der Waals surface area contributed by atoms with Gasteiger partial charge in [-0.25, -0.2) is 4.39 Å². The molecule has 1 heterocycles. The molecule has 1 aromatic carbocycles. The quantitative estimate of drug-likeness (QED) is 0.778. The SMILES string of the molecule is COCCNCC1CCOC1c1ccc(OC)c(F)c1. The molecule has 0 aliphatic carbocycles. The van der Waals surface area contributed by atoms with Crippen molar-refractivity contribution in [2.24, 2.45) is 5.92 Å². The highest BCUT2D eigenvalue weighted by Crippen LogP contribution is 2.35. The van der Waals surface area contributed by atoms with Crippen LogP contribution in [-0.4, -0.2) is 40.5 Å². The van der Waals surface area contributed by atoms with Gasteiger partial charge in [-0.2, -0.15) is 0 Å². The van der Waals surface area contributed by atoms with E-state index in [1.807, 2.05) is 6.07 Å². The minimum absolute atomic E-state index is 0.0505. The Labute approximate surface area is 119 Å². The molecule has 1 aromatic rings. The summed E-state index contributed by atoms with van der Waals surface area (Å²) in [5, 5.41) is 3.34. The molecular weight excluding hydrogens is 261 g/mol. The molecule has 2 unspecified atom stereocenters. The Morgan fingerprint density at radius 3 is 2.95 bits per heavy atom. The molecule has 1 N–H and O–H groups in total. The maximum absolute atomic E-state index is 13.8. The van der Waals surface area contributed by atoms with E-state index in [1.165, 1.54) is 13.2 Å². The zero-order chi connectivity index (χ0) is 14.4. The van der Waals surface area contributed by atoms with Gasteiger partial charge in [0.15, 0.2) is 11.6 Å². The Morgan fingerprint density at radius 1 is 1.40 bits per heavy atom. The summed E-state index contributed by atoms with van der Waals surface area (Å²) in [4.78, 5) is 0. The van der Waals surface area contributed by atoms with E-state index in [9.17, 15) is 4.39 Å². The van der Waals surface area contributed by atoms with Gasteiger partial charge in [-0.1, -0.05) is 6.07 Å². The number of rotatable bonds is 7. The molecule has 5 heteroatoms. The summed E-state index contributed by atoms with van der Waals surface area (Å²) in [5.74, 6) is 0.285. The summed E-state index contributed by atoms with van der Waals surface area (Å²) in [5.41, 5.74) is 0.874. The van der Waals surface area contributed by atoms with Crippen LogP contribution in [0.15, 0.2) is 18.2 Å². The summed E-state index contributed by atoms with van der Waals surface area (Å²) in [6.07, 6.45) is 0.934. The van der Waals surface area contributed by atoms with Crippen molar-refractivity contribution in [3.05, 3.63) is 29.6 Å². The molecule has 112 valence electrons. The summed E-state index contributed by atoms with van der Waals surface area (Å²) in [7, 11) is 3.15. The largest absolute Gasteiger partial charge is 0.494 e. The third-order valence-electron chi connectivity index (χ3n) is 3.61. The molecular formula is C15H22FNO3. The first kappa shape index (κ1) is 15.2. The number of hydrogen-bond donors (Lipinski definition) is 1. The number of ether oxygens (including phenoxy) is 3. The highest BCUT2D eigenvalue weighted by atomic mass is 19.1. The molecule has 20 heavy (non-hydrogen) atoms. The average Bonchev–Trinajstić information content (AvgIpc) is 2.92. The van der Waals surface area contributed by atoms with Gasteiger partial charge < -0.3 is 19.5 Å². The zero-order valence-electron chi connectivity index (χ0n) is 12.0. The second kappa shape index (κ2) is 7.57. The third kappa shape index (κ3) is 3.69. The fourth-order valence-corrected chi connectivity index (χ4v) is 2.53. The number of hydrogen-bond acceptors (Lipinski definition) is 4. The second-order valence-electron chi connectivity index (χ2n) is 4.93. The number of halogens is 1. The fourth-order valence-electron chi connectivity index (χ4n) is 2.53. The summed E-state index contributed by atoms with van der Waals surface area (Å²) < 4.78 is 29.5. The van der Waals surface area contributed by atoms with Crippen LogP contribution in [0.4, 0.5) is 4.39 Å². The van der Waals surface area contributed by atoms with E-state index in [0.29, 0.717) is 12.5 Å². The summed E-state index contributed by atoms with van der Waals surface area (Å²) in [6, 6.07) is 5.04. The molecule has 2 rings (SSSR count). The van der Waals surface area contributed by atoms with Gasteiger partial charge in [0.05, 0.1) is 19.8 Å². The number of benzene rings is 1. The molecule has 1 aliphatic rings. The van der Waals surface area contributed by atoms with Crippen molar-refractivity contribution < 1.29 is 18.6 Å². The third-order valence-corrected chi connectivity index (χ3v) is 3.61. The number of methoxy groups -OCH3 is 2. The van der Waals surface area contributed by atoms with E-state index < -0.39 is 0 Å². The van der Waals surface area contributed by atoms with E-state index in [0.717, 1.165) is 31.7 Å².